The Balaban J connectivity index is -0.000000180. The molecule has 0 aromatic heterocycles. The molecule has 0 aliphatic carbocycles. The van der Waals surface area contributed by atoms with Gasteiger partial charge in [-0.1, -0.05) is 0 Å². The molecule has 2 N–H and O–H groups in total. The molecule has 0 aliphatic heterocycles. The first-order valence-electron chi connectivity index (χ1n) is 1.56. The molecule has 0 rings (SSSR count). The van der Waals surface area contributed by atoms with Crippen molar-refractivity contribution >= 4 is 11.9 Å². The van der Waals surface area contributed by atoms with Gasteiger partial charge in [0, 0.05) is 41.2 Å². The number of carbonyl (C=O) groups is 2. The summed E-state index contributed by atoms with van der Waals surface area (Å²) in [4.78, 5) is 18.9. The van der Waals surface area contributed by atoms with Crippen molar-refractivity contribution in [2.24, 2.45) is 0 Å². The molecule has 1 radical (unpaired) electrons. The molecule has 0 heterocycles. The van der Waals surface area contributed by atoms with Gasteiger partial charge < -0.3 is 10.2 Å². The van der Waals surface area contributed by atoms with E-state index in [0.29, 0.717) is 0 Å². The van der Waals surface area contributed by atoms with Crippen LogP contribution in [0.3, 0.4) is 0 Å². The van der Waals surface area contributed by atoms with Crippen molar-refractivity contribution in [2.75, 3.05) is 0 Å². The maximum Gasteiger partial charge on any atom is 0.314 e. The van der Waals surface area contributed by atoms with E-state index in [9.17, 15) is 9.59 Å². The minimum absolute atomic E-state index is 0. The SMILES string of the molecule is O=C(O)CC(=O)O.[Ir].[Pt]. The molecule has 59 valence electrons. The Morgan fingerprint density at radius 3 is 1.33 bits per heavy atom. The number of carboxylic acids is 2. The Morgan fingerprint density at radius 2 is 1.33 bits per heavy atom. The van der Waals surface area contributed by atoms with E-state index in [0.717, 1.165) is 0 Å². The van der Waals surface area contributed by atoms with E-state index in [1.807, 2.05) is 0 Å². The van der Waals surface area contributed by atoms with Crippen LogP contribution in [-0.4, -0.2) is 22.2 Å². The average Bonchev–Trinajstić information content (AvgIpc) is 1.27. The van der Waals surface area contributed by atoms with Gasteiger partial charge in [0.05, 0.1) is 0 Å². The molecule has 0 bridgehead atoms. The van der Waals surface area contributed by atoms with Crippen LogP contribution in [0.1, 0.15) is 6.42 Å². The molecule has 0 saturated heterocycles. The number of carboxylic acid groups (broad SMARTS) is 2. The van der Waals surface area contributed by atoms with Crippen molar-refractivity contribution in [3.63, 3.8) is 0 Å². The Kier molecular flexibility index (Phi) is 14.8. The van der Waals surface area contributed by atoms with Gasteiger partial charge in [-0.05, 0) is 0 Å². The van der Waals surface area contributed by atoms with Gasteiger partial charge in [-0.3, -0.25) is 9.59 Å². The van der Waals surface area contributed by atoms with Gasteiger partial charge in [0.1, 0.15) is 6.42 Å². The summed E-state index contributed by atoms with van der Waals surface area (Å²) in [6.45, 7) is 0. The number of hydrogen-bond acceptors (Lipinski definition) is 2. The molecule has 0 unspecified atom stereocenters. The topological polar surface area (TPSA) is 74.6 Å². The number of hydrogen-bond donors (Lipinski definition) is 2. The number of aliphatic carboxylic acids is 2. The van der Waals surface area contributed by atoms with Gasteiger partial charge in [0.15, 0.2) is 0 Å². The predicted molar refractivity (Wildman–Crippen MR) is 19.9 cm³/mol. The molecule has 4 nitrogen and oxygen atoms in total. The minimum Gasteiger partial charge on any atom is -0.481 e. The van der Waals surface area contributed by atoms with Crippen LogP contribution in [0.25, 0.3) is 0 Å². The molecule has 6 heteroatoms. The standard InChI is InChI=1S/C3H4O4.Ir.Pt/c4-2(5)1-3(6)7;;/h1H2,(H,4,5)(H,6,7);;. The fourth-order valence-corrected chi connectivity index (χ4v) is 0.129. The maximum atomic E-state index is 9.43. The third-order valence-corrected chi connectivity index (χ3v) is 0.302. The third-order valence-electron chi connectivity index (χ3n) is 0.302. The Morgan fingerprint density at radius 1 is 1.11 bits per heavy atom. The molecule has 0 amide bonds. The van der Waals surface area contributed by atoms with Gasteiger partial charge >= 0.3 is 11.9 Å². The molecule has 0 aromatic carbocycles. The Labute approximate surface area is 79.2 Å². The van der Waals surface area contributed by atoms with E-state index in [1.54, 1.807) is 0 Å². The average molecular weight is 491 g/mol. The van der Waals surface area contributed by atoms with E-state index >= 15 is 0 Å². The summed E-state index contributed by atoms with van der Waals surface area (Å²) in [5, 5.41) is 15.4. The molecular formula is C3H4IrO4Pt. The fourth-order valence-electron chi connectivity index (χ4n) is 0.129. The molecule has 9 heavy (non-hydrogen) atoms. The summed E-state index contributed by atoms with van der Waals surface area (Å²) < 4.78 is 0. The summed E-state index contributed by atoms with van der Waals surface area (Å²) in [6, 6.07) is 0. The van der Waals surface area contributed by atoms with Gasteiger partial charge in [0.25, 0.3) is 0 Å². The third kappa shape index (κ3) is 17.8. The maximum absolute atomic E-state index is 9.43. The molecule has 0 saturated carbocycles. The van der Waals surface area contributed by atoms with Crippen molar-refractivity contribution in [3.05, 3.63) is 0 Å². The van der Waals surface area contributed by atoms with Crippen LogP contribution in [-0.2, 0) is 50.8 Å². The molecule has 0 atom stereocenters. The summed E-state index contributed by atoms with van der Waals surface area (Å²) in [6.07, 6.45) is -0.806. The first-order valence-corrected chi connectivity index (χ1v) is 1.56. The van der Waals surface area contributed by atoms with Crippen LogP contribution in [0.5, 0.6) is 0 Å². The quantitative estimate of drug-likeness (QED) is 0.513. The van der Waals surface area contributed by atoms with E-state index in [1.165, 1.54) is 0 Å². The van der Waals surface area contributed by atoms with Crippen molar-refractivity contribution in [3.8, 4) is 0 Å². The monoisotopic (exact) mass is 492 g/mol. The van der Waals surface area contributed by atoms with E-state index in [2.05, 4.69) is 0 Å². The number of rotatable bonds is 2. The second kappa shape index (κ2) is 8.28. The van der Waals surface area contributed by atoms with E-state index < -0.39 is 18.4 Å². The second-order valence-corrected chi connectivity index (χ2v) is 0.964. The van der Waals surface area contributed by atoms with Crippen molar-refractivity contribution in [1.82, 2.24) is 0 Å². The van der Waals surface area contributed by atoms with Crippen LogP contribution in [0.2, 0.25) is 0 Å². The van der Waals surface area contributed by atoms with E-state index in [4.69, 9.17) is 10.2 Å². The summed E-state index contributed by atoms with van der Waals surface area (Å²) in [5.41, 5.74) is 0. The summed E-state index contributed by atoms with van der Waals surface area (Å²) in [7, 11) is 0. The molecule has 0 spiro atoms. The summed E-state index contributed by atoms with van der Waals surface area (Å²) in [5.74, 6) is -2.62. The molecule has 0 aliphatic rings. The zero-order valence-corrected chi connectivity index (χ0v) is 8.73. The van der Waals surface area contributed by atoms with Crippen LogP contribution < -0.4 is 0 Å². The van der Waals surface area contributed by atoms with Gasteiger partial charge in [0.2, 0.25) is 0 Å². The minimum atomic E-state index is -1.31. The normalized spacial score (nSPS) is 6.22. The summed E-state index contributed by atoms with van der Waals surface area (Å²) >= 11 is 0. The van der Waals surface area contributed by atoms with Gasteiger partial charge in [-0.2, -0.15) is 0 Å². The van der Waals surface area contributed by atoms with Crippen molar-refractivity contribution in [1.29, 1.82) is 0 Å². The van der Waals surface area contributed by atoms with Crippen molar-refractivity contribution in [2.45, 2.75) is 6.42 Å². The zero-order chi connectivity index (χ0) is 5.86. The molecular weight excluding hydrogens is 487 g/mol. The first kappa shape index (κ1) is 16.1. The first-order chi connectivity index (χ1) is 3.13. The largest absolute Gasteiger partial charge is 0.481 e. The van der Waals surface area contributed by atoms with E-state index in [-0.39, 0.29) is 41.2 Å². The van der Waals surface area contributed by atoms with Gasteiger partial charge in [-0.25, -0.2) is 0 Å². The Hall–Kier alpha value is 0.278. The fraction of sp³-hybridized carbons (Fsp3) is 0.333. The smallest absolute Gasteiger partial charge is 0.314 e. The van der Waals surface area contributed by atoms with Crippen LogP contribution in [0.4, 0.5) is 0 Å². The molecule has 0 aromatic rings. The zero-order valence-electron chi connectivity index (χ0n) is 4.07. The van der Waals surface area contributed by atoms with Crippen molar-refractivity contribution < 1.29 is 61.0 Å². The molecule has 0 fully saturated rings. The van der Waals surface area contributed by atoms with Crippen LogP contribution in [0, 0.1) is 0 Å². The van der Waals surface area contributed by atoms with Crippen LogP contribution >= 0.6 is 0 Å². The second-order valence-electron chi connectivity index (χ2n) is 0.964. The van der Waals surface area contributed by atoms with Crippen LogP contribution in [0.15, 0.2) is 0 Å². The van der Waals surface area contributed by atoms with Gasteiger partial charge in [-0.15, -0.1) is 0 Å². The Bertz CT molecular complexity index is 92.0. The predicted octanol–water partition coefficient (Wildman–Crippen LogP) is -0.459.